The summed E-state index contributed by atoms with van der Waals surface area (Å²) in [6, 6.07) is 7.83. The van der Waals surface area contributed by atoms with Gasteiger partial charge in [-0.1, -0.05) is 12.1 Å². The molecule has 0 unspecified atom stereocenters. The van der Waals surface area contributed by atoms with E-state index in [4.69, 9.17) is 0 Å². The van der Waals surface area contributed by atoms with Gasteiger partial charge in [0, 0.05) is 31.7 Å². The third-order valence-corrected chi connectivity index (χ3v) is 3.95. The Morgan fingerprint density at radius 2 is 1.65 bits per heavy atom. The largest absolute Gasteiger partial charge is 0.357 e. The van der Waals surface area contributed by atoms with E-state index in [1.807, 2.05) is 43.0 Å². The number of aliphatic imine (C=N–C) groups is 1. The smallest absolute Gasteiger partial charge is 0.253 e. The van der Waals surface area contributed by atoms with Gasteiger partial charge in [-0.2, -0.15) is 0 Å². The molecule has 1 aromatic rings. The number of benzene rings is 1. The van der Waals surface area contributed by atoms with Gasteiger partial charge < -0.3 is 15.5 Å². The van der Waals surface area contributed by atoms with E-state index in [2.05, 4.69) is 15.6 Å². The van der Waals surface area contributed by atoms with Crippen molar-refractivity contribution in [1.82, 2.24) is 15.5 Å². The number of amides is 1. The third kappa shape index (κ3) is 5.27. The highest BCUT2D eigenvalue weighted by Gasteiger charge is 2.17. The number of carbonyl (C=O) groups is 1. The molecular formula is C18H28N4O. The van der Waals surface area contributed by atoms with Crippen LogP contribution >= 0.6 is 0 Å². The molecule has 5 heteroatoms. The zero-order valence-electron chi connectivity index (χ0n) is 14.3. The zero-order valence-corrected chi connectivity index (χ0v) is 14.3. The van der Waals surface area contributed by atoms with E-state index in [-0.39, 0.29) is 5.91 Å². The number of guanidine groups is 1. The number of hydrogen-bond donors (Lipinski definition) is 2. The molecule has 1 amide bonds. The van der Waals surface area contributed by atoms with Gasteiger partial charge in [-0.05, 0) is 50.8 Å². The van der Waals surface area contributed by atoms with Crippen molar-refractivity contribution in [3.63, 3.8) is 0 Å². The van der Waals surface area contributed by atoms with Crippen LogP contribution in [-0.4, -0.2) is 42.9 Å². The van der Waals surface area contributed by atoms with Gasteiger partial charge in [0.1, 0.15) is 0 Å². The van der Waals surface area contributed by atoms with Crippen LogP contribution in [0.2, 0.25) is 0 Å². The molecule has 23 heavy (non-hydrogen) atoms. The monoisotopic (exact) mass is 316 g/mol. The summed E-state index contributed by atoms with van der Waals surface area (Å²) in [7, 11) is 0. The van der Waals surface area contributed by atoms with Crippen LogP contribution in [0.15, 0.2) is 29.3 Å². The molecule has 126 valence electrons. The third-order valence-electron chi connectivity index (χ3n) is 3.95. The summed E-state index contributed by atoms with van der Waals surface area (Å²) in [6.45, 7) is 8.17. The first-order valence-electron chi connectivity index (χ1n) is 8.65. The lowest BCUT2D eigenvalue weighted by molar-refractivity contribution is 0.0724. The molecule has 0 atom stereocenters. The van der Waals surface area contributed by atoms with E-state index in [9.17, 15) is 4.79 Å². The zero-order chi connectivity index (χ0) is 16.5. The van der Waals surface area contributed by atoms with Crippen LogP contribution in [0.3, 0.4) is 0 Å². The molecule has 1 fully saturated rings. The number of nitrogens with zero attached hydrogens (tertiary/aromatic N) is 2. The molecule has 0 spiro atoms. The quantitative estimate of drug-likeness (QED) is 0.648. The lowest BCUT2D eigenvalue weighted by Crippen LogP contribution is -2.37. The second-order valence-electron chi connectivity index (χ2n) is 5.78. The Bertz CT molecular complexity index is 510. The summed E-state index contributed by atoms with van der Waals surface area (Å²) in [5.41, 5.74) is 1.88. The SMILES string of the molecule is CCNC(=NCc1ccc(C(=O)N2CCCCC2)cc1)NCC. The highest BCUT2D eigenvalue weighted by Crippen LogP contribution is 2.14. The molecule has 1 aromatic carbocycles. The fourth-order valence-electron chi connectivity index (χ4n) is 2.71. The molecule has 1 aliphatic rings. The topological polar surface area (TPSA) is 56.7 Å². The van der Waals surface area contributed by atoms with Gasteiger partial charge in [-0.3, -0.25) is 4.79 Å². The first kappa shape index (κ1) is 17.3. The molecular weight excluding hydrogens is 288 g/mol. The van der Waals surface area contributed by atoms with Crippen LogP contribution in [0, 0.1) is 0 Å². The van der Waals surface area contributed by atoms with Gasteiger partial charge in [0.15, 0.2) is 5.96 Å². The number of likely N-dealkylation sites (tertiary alicyclic amines) is 1. The van der Waals surface area contributed by atoms with Crippen LogP contribution in [0.5, 0.6) is 0 Å². The minimum absolute atomic E-state index is 0.153. The summed E-state index contributed by atoms with van der Waals surface area (Å²) in [5.74, 6) is 0.976. The number of piperidine rings is 1. The Hall–Kier alpha value is -2.04. The summed E-state index contributed by atoms with van der Waals surface area (Å²) in [6.07, 6.45) is 3.48. The molecule has 2 rings (SSSR count). The second kappa shape index (κ2) is 9.18. The maximum atomic E-state index is 12.4. The minimum Gasteiger partial charge on any atom is -0.357 e. The predicted molar refractivity (Wildman–Crippen MR) is 94.7 cm³/mol. The Balaban J connectivity index is 1.95. The van der Waals surface area contributed by atoms with Crippen LogP contribution in [0.4, 0.5) is 0 Å². The van der Waals surface area contributed by atoms with Crippen LogP contribution in [-0.2, 0) is 6.54 Å². The number of hydrogen-bond acceptors (Lipinski definition) is 2. The van der Waals surface area contributed by atoms with E-state index in [0.29, 0.717) is 6.54 Å². The van der Waals surface area contributed by atoms with Crippen molar-refractivity contribution in [2.75, 3.05) is 26.2 Å². The van der Waals surface area contributed by atoms with Crippen molar-refractivity contribution < 1.29 is 4.79 Å². The first-order valence-corrected chi connectivity index (χ1v) is 8.65. The van der Waals surface area contributed by atoms with Gasteiger partial charge in [0.2, 0.25) is 0 Å². The second-order valence-corrected chi connectivity index (χ2v) is 5.78. The standard InChI is InChI=1S/C18H28N4O/c1-3-19-18(20-4-2)21-14-15-8-10-16(11-9-15)17(23)22-12-6-5-7-13-22/h8-11H,3-7,12-14H2,1-2H3,(H2,19,20,21). The average molecular weight is 316 g/mol. The Kier molecular flexibility index (Phi) is 6.91. The first-order chi connectivity index (χ1) is 11.2. The predicted octanol–water partition coefficient (Wildman–Crippen LogP) is 2.39. The van der Waals surface area contributed by atoms with Crippen molar-refractivity contribution in [2.24, 2.45) is 4.99 Å². The van der Waals surface area contributed by atoms with E-state index < -0.39 is 0 Å². The van der Waals surface area contributed by atoms with Gasteiger partial charge in [0.25, 0.3) is 5.91 Å². The molecule has 5 nitrogen and oxygen atoms in total. The molecule has 0 aliphatic carbocycles. The normalized spacial score (nSPS) is 14.3. The molecule has 1 heterocycles. The van der Waals surface area contributed by atoms with E-state index in [1.54, 1.807) is 0 Å². The van der Waals surface area contributed by atoms with Crippen molar-refractivity contribution in [2.45, 2.75) is 39.7 Å². The highest BCUT2D eigenvalue weighted by atomic mass is 16.2. The molecule has 0 radical (unpaired) electrons. The molecule has 2 N–H and O–H groups in total. The lowest BCUT2D eigenvalue weighted by atomic mass is 10.1. The molecule has 1 aliphatic heterocycles. The number of carbonyl (C=O) groups excluding carboxylic acids is 1. The van der Waals surface area contributed by atoms with Gasteiger partial charge >= 0.3 is 0 Å². The Labute approximate surface area is 139 Å². The Morgan fingerprint density at radius 3 is 2.22 bits per heavy atom. The molecule has 0 saturated carbocycles. The van der Waals surface area contributed by atoms with Crippen LogP contribution in [0.25, 0.3) is 0 Å². The maximum absolute atomic E-state index is 12.4. The lowest BCUT2D eigenvalue weighted by Gasteiger charge is -2.26. The van der Waals surface area contributed by atoms with E-state index >= 15 is 0 Å². The summed E-state index contributed by atoms with van der Waals surface area (Å²) in [5, 5.41) is 6.41. The molecule has 0 bridgehead atoms. The van der Waals surface area contributed by atoms with E-state index in [0.717, 1.165) is 56.1 Å². The number of rotatable bonds is 5. The summed E-state index contributed by atoms with van der Waals surface area (Å²) in [4.78, 5) is 18.9. The van der Waals surface area contributed by atoms with E-state index in [1.165, 1.54) is 6.42 Å². The Morgan fingerprint density at radius 1 is 1.04 bits per heavy atom. The summed E-state index contributed by atoms with van der Waals surface area (Å²) < 4.78 is 0. The van der Waals surface area contributed by atoms with Crippen LogP contribution < -0.4 is 10.6 Å². The summed E-state index contributed by atoms with van der Waals surface area (Å²) >= 11 is 0. The number of nitrogens with one attached hydrogen (secondary N) is 2. The van der Waals surface area contributed by atoms with Crippen molar-refractivity contribution in [1.29, 1.82) is 0 Å². The van der Waals surface area contributed by atoms with Gasteiger partial charge in [-0.25, -0.2) is 4.99 Å². The molecule has 1 saturated heterocycles. The van der Waals surface area contributed by atoms with Crippen molar-refractivity contribution in [3.8, 4) is 0 Å². The van der Waals surface area contributed by atoms with Crippen molar-refractivity contribution >= 4 is 11.9 Å². The maximum Gasteiger partial charge on any atom is 0.253 e. The van der Waals surface area contributed by atoms with Gasteiger partial charge in [-0.15, -0.1) is 0 Å². The highest BCUT2D eigenvalue weighted by molar-refractivity contribution is 5.94. The average Bonchev–Trinajstić information content (AvgIpc) is 2.61. The van der Waals surface area contributed by atoms with Crippen LogP contribution in [0.1, 0.15) is 49.0 Å². The minimum atomic E-state index is 0.153. The molecule has 0 aromatic heterocycles. The van der Waals surface area contributed by atoms with Gasteiger partial charge in [0.05, 0.1) is 6.54 Å². The fourth-order valence-corrected chi connectivity index (χ4v) is 2.71. The van der Waals surface area contributed by atoms with Crippen molar-refractivity contribution in [3.05, 3.63) is 35.4 Å². The fraction of sp³-hybridized carbons (Fsp3) is 0.556.